The first-order chi connectivity index (χ1) is 4.20. The van der Waals surface area contributed by atoms with Gasteiger partial charge in [-0.25, -0.2) is 4.39 Å². The van der Waals surface area contributed by atoms with Gasteiger partial charge in [-0.3, -0.25) is 0 Å². The van der Waals surface area contributed by atoms with Crippen molar-refractivity contribution >= 4 is 15.9 Å². The van der Waals surface area contributed by atoms with E-state index >= 15 is 0 Å². The molecule has 0 nitrogen and oxygen atoms in total. The van der Waals surface area contributed by atoms with Crippen molar-refractivity contribution in [3.8, 4) is 0 Å². The molecule has 1 rings (SSSR count). The number of hydrogen-bond donors (Lipinski definition) is 0. The number of halogens is 2. The molecule has 0 aliphatic heterocycles. The molecule has 0 saturated heterocycles. The van der Waals surface area contributed by atoms with Gasteiger partial charge in [0.05, 0.1) is 0 Å². The lowest BCUT2D eigenvalue weighted by Crippen LogP contribution is -1.78. The minimum Gasteiger partial charge on any atom is -0.207 e. The van der Waals surface area contributed by atoms with E-state index in [4.69, 9.17) is 0 Å². The Morgan fingerprint density at radius 2 is 2.11 bits per heavy atom. The second-order valence-corrected chi connectivity index (χ2v) is 2.81. The molecule has 0 amide bonds. The number of rotatable bonds is 0. The van der Waals surface area contributed by atoms with Crippen LogP contribution in [0.5, 0.6) is 0 Å². The molecule has 9 heavy (non-hydrogen) atoms. The standard InChI is InChI=1S/C7H6BrF/c1-5-4-6(8)2-3-7(5)9/h2-4H,1H3. The third-order valence-electron chi connectivity index (χ3n) is 1.12. The van der Waals surface area contributed by atoms with Crippen LogP contribution in [0.25, 0.3) is 0 Å². The average Bonchev–Trinajstić information content (AvgIpc) is 1.80. The quantitative estimate of drug-likeness (QED) is 0.588. The second kappa shape index (κ2) is 2.48. The Hall–Kier alpha value is -0.370. The van der Waals surface area contributed by atoms with Crippen molar-refractivity contribution in [1.82, 2.24) is 0 Å². The summed E-state index contributed by atoms with van der Waals surface area (Å²) < 4.78 is 13.4. The van der Waals surface area contributed by atoms with Crippen LogP contribution in [0, 0.1) is 12.7 Å². The Morgan fingerprint density at radius 1 is 1.44 bits per heavy atom. The fourth-order valence-corrected chi connectivity index (χ4v) is 1.08. The molecule has 0 aliphatic rings. The smallest absolute Gasteiger partial charge is 0.126 e. The maximum Gasteiger partial charge on any atom is 0.126 e. The van der Waals surface area contributed by atoms with Crippen LogP contribution in [0.1, 0.15) is 5.56 Å². The van der Waals surface area contributed by atoms with Crippen molar-refractivity contribution < 1.29 is 4.39 Å². The first kappa shape index (κ1) is 6.75. The summed E-state index contributed by atoms with van der Waals surface area (Å²) >= 11 is 3.23. The molecule has 0 heterocycles. The van der Waals surface area contributed by atoms with Gasteiger partial charge in [-0.1, -0.05) is 15.9 Å². The van der Waals surface area contributed by atoms with Gasteiger partial charge >= 0.3 is 0 Å². The average molecular weight is 189 g/mol. The first-order valence-electron chi connectivity index (χ1n) is 2.62. The summed E-state index contributed by atoms with van der Waals surface area (Å²) in [5, 5.41) is 0. The summed E-state index contributed by atoms with van der Waals surface area (Å²) in [4.78, 5) is 0. The predicted octanol–water partition coefficient (Wildman–Crippen LogP) is 2.90. The Kier molecular flexibility index (Phi) is 1.86. The topological polar surface area (TPSA) is 0 Å². The van der Waals surface area contributed by atoms with Crippen LogP contribution in [0.3, 0.4) is 0 Å². The van der Waals surface area contributed by atoms with Crippen molar-refractivity contribution in [1.29, 1.82) is 0 Å². The number of hydrogen-bond acceptors (Lipinski definition) is 0. The zero-order chi connectivity index (χ0) is 6.85. The molecule has 0 unspecified atom stereocenters. The number of aryl methyl sites for hydroxylation is 1. The number of benzene rings is 1. The van der Waals surface area contributed by atoms with E-state index in [1.807, 2.05) is 0 Å². The van der Waals surface area contributed by atoms with E-state index in [-0.39, 0.29) is 5.82 Å². The first-order valence-corrected chi connectivity index (χ1v) is 3.41. The molecule has 0 fully saturated rings. The van der Waals surface area contributed by atoms with E-state index < -0.39 is 0 Å². The second-order valence-electron chi connectivity index (χ2n) is 1.89. The van der Waals surface area contributed by atoms with Crippen molar-refractivity contribution in [3.63, 3.8) is 0 Å². The van der Waals surface area contributed by atoms with Gasteiger partial charge in [0.1, 0.15) is 5.82 Å². The summed E-state index contributed by atoms with van der Waals surface area (Å²) in [5.41, 5.74) is 0.671. The van der Waals surface area contributed by atoms with Crippen LogP contribution in [-0.4, -0.2) is 0 Å². The van der Waals surface area contributed by atoms with Gasteiger partial charge in [-0.15, -0.1) is 0 Å². The molecule has 0 spiro atoms. The Balaban J connectivity index is 3.17. The molecular weight excluding hydrogens is 183 g/mol. The molecule has 1 aromatic rings. The lowest BCUT2D eigenvalue weighted by molar-refractivity contribution is 0.618. The summed E-state index contributed by atoms with van der Waals surface area (Å²) in [6, 6.07) is 4.87. The van der Waals surface area contributed by atoms with Gasteiger partial charge in [0, 0.05) is 4.47 Å². The van der Waals surface area contributed by atoms with Gasteiger partial charge in [-0.05, 0) is 30.7 Å². The third kappa shape index (κ3) is 1.52. The molecule has 0 aromatic heterocycles. The van der Waals surface area contributed by atoms with E-state index in [0.29, 0.717) is 5.56 Å². The van der Waals surface area contributed by atoms with Gasteiger partial charge in [-0.2, -0.15) is 0 Å². The normalized spacial score (nSPS) is 9.67. The molecule has 0 radical (unpaired) electrons. The summed E-state index contributed by atoms with van der Waals surface area (Å²) in [6.45, 7) is 1.74. The third-order valence-corrected chi connectivity index (χ3v) is 1.61. The molecular formula is C7H6BrF. The van der Waals surface area contributed by atoms with Gasteiger partial charge in [0.2, 0.25) is 0 Å². The summed E-state index contributed by atoms with van der Waals surface area (Å²) in [5.74, 6) is -0.154. The zero-order valence-electron chi connectivity index (χ0n) is 4.99. The van der Waals surface area contributed by atoms with E-state index in [9.17, 15) is 4.39 Å². The highest BCUT2D eigenvalue weighted by atomic mass is 79.9. The maximum absolute atomic E-state index is 12.5. The molecule has 0 aliphatic carbocycles. The monoisotopic (exact) mass is 188 g/mol. The van der Waals surface area contributed by atoms with E-state index in [2.05, 4.69) is 15.9 Å². The molecule has 0 saturated carbocycles. The van der Waals surface area contributed by atoms with Crippen molar-refractivity contribution in [2.75, 3.05) is 0 Å². The highest BCUT2D eigenvalue weighted by Gasteiger charge is 1.94. The molecule has 1 aromatic carbocycles. The van der Waals surface area contributed by atoms with Crippen molar-refractivity contribution in [3.05, 3.63) is 34.1 Å². The largest absolute Gasteiger partial charge is 0.207 e. The fraction of sp³-hybridized carbons (Fsp3) is 0.143. The molecule has 48 valence electrons. The lowest BCUT2D eigenvalue weighted by Gasteiger charge is -1.93. The molecule has 0 bridgehead atoms. The van der Waals surface area contributed by atoms with Crippen LogP contribution in [0.4, 0.5) is 4.39 Å². The molecule has 2 heteroatoms. The van der Waals surface area contributed by atoms with Crippen LogP contribution in [-0.2, 0) is 0 Å². The fourth-order valence-electron chi connectivity index (χ4n) is 0.608. The van der Waals surface area contributed by atoms with Crippen molar-refractivity contribution in [2.24, 2.45) is 0 Å². The predicted molar refractivity (Wildman–Crippen MR) is 38.8 cm³/mol. The Morgan fingerprint density at radius 3 is 2.56 bits per heavy atom. The van der Waals surface area contributed by atoms with Gasteiger partial charge < -0.3 is 0 Å². The van der Waals surface area contributed by atoms with Crippen LogP contribution < -0.4 is 0 Å². The zero-order valence-corrected chi connectivity index (χ0v) is 6.57. The Bertz CT molecular complexity index is 220. The van der Waals surface area contributed by atoms with E-state index in [1.54, 1.807) is 19.1 Å². The van der Waals surface area contributed by atoms with E-state index in [1.165, 1.54) is 6.07 Å². The molecule has 0 atom stereocenters. The highest BCUT2D eigenvalue weighted by molar-refractivity contribution is 9.10. The SMILES string of the molecule is Cc1cc(Br)ccc1F. The minimum atomic E-state index is -0.154. The highest BCUT2D eigenvalue weighted by Crippen LogP contribution is 2.13. The Labute approximate surface area is 61.8 Å². The van der Waals surface area contributed by atoms with Gasteiger partial charge in [0.25, 0.3) is 0 Å². The summed E-state index contributed by atoms with van der Waals surface area (Å²) in [7, 11) is 0. The van der Waals surface area contributed by atoms with E-state index in [0.717, 1.165) is 4.47 Å². The minimum absolute atomic E-state index is 0.154. The van der Waals surface area contributed by atoms with Gasteiger partial charge in [0.15, 0.2) is 0 Å². The summed E-state index contributed by atoms with van der Waals surface area (Å²) in [6.07, 6.45) is 0. The lowest BCUT2D eigenvalue weighted by atomic mass is 10.2. The van der Waals surface area contributed by atoms with Crippen LogP contribution in [0.15, 0.2) is 22.7 Å². The maximum atomic E-state index is 12.5. The van der Waals surface area contributed by atoms with Crippen molar-refractivity contribution in [2.45, 2.75) is 6.92 Å². The van der Waals surface area contributed by atoms with Crippen LogP contribution >= 0.6 is 15.9 Å². The van der Waals surface area contributed by atoms with Crippen LogP contribution in [0.2, 0.25) is 0 Å². The molecule has 0 N–H and O–H groups in total.